The molecule has 1 fully saturated rings. The highest BCUT2D eigenvalue weighted by Gasteiger charge is 2.23. The normalized spacial score (nSPS) is 21.2. The SMILES string of the molecule is CCC(CC(N)=S)N1CCN(C(C)C)CC1. The summed E-state index contributed by atoms with van der Waals surface area (Å²) in [6, 6.07) is 1.21. The molecule has 0 aromatic heterocycles. The van der Waals surface area contributed by atoms with Crippen molar-refractivity contribution in [3.8, 4) is 0 Å². The van der Waals surface area contributed by atoms with Crippen LogP contribution in [0, 0.1) is 0 Å². The Morgan fingerprint density at radius 1 is 1.19 bits per heavy atom. The molecule has 0 aromatic rings. The van der Waals surface area contributed by atoms with E-state index < -0.39 is 0 Å². The lowest BCUT2D eigenvalue weighted by atomic mass is 10.1. The third kappa shape index (κ3) is 4.00. The average Bonchev–Trinajstić information content (AvgIpc) is 2.25. The van der Waals surface area contributed by atoms with E-state index in [1.165, 1.54) is 13.1 Å². The molecule has 0 radical (unpaired) electrons. The van der Waals surface area contributed by atoms with Crippen LogP contribution in [0.1, 0.15) is 33.6 Å². The highest BCUT2D eigenvalue weighted by atomic mass is 32.1. The quantitative estimate of drug-likeness (QED) is 0.741. The van der Waals surface area contributed by atoms with Crippen molar-refractivity contribution in [2.75, 3.05) is 26.2 Å². The maximum Gasteiger partial charge on any atom is 0.0743 e. The van der Waals surface area contributed by atoms with Crippen LogP contribution in [0.15, 0.2) is 0 Å². The maximum atomic E-state index is 5.65. The molecule has 1 unspecified atom stereocenters. The van der Waals surface area contributed by atoms with Gasteiger partial charge in [-0.2, -0.15) is 0 Å². The molecule has 0 amide bonds. The van der Waals surface area contributed by atoms with E-state index in [1.807, 2.05) is 0 Å². The van der Waals surface area contributed by atoms with Gasteiger partial charge in [0.05, 0.1) is 4.99 Å². The van der Waals surface area contributed by atoms with E-state index in [0.717, 1.165) is 25.9 Å². The minimum Gasteiger partial charge on any atom is -0.393 e. The zero-order chi connectivity index (χ0) is 12.1. The summed E-state index contributed by atoms with van der Waals surface area (Å²) in [5.41, 5.74) is 5.65. The first-order valence-corrected chi connectivity index (χ1v) is 6.71. The number of hydrogen-bond acceptors (Lipinski definition) is 3. The minimum atomic E-state index is 0.548. The molecular formula is C12H25N3S. The van der Waals surface area contributed by atoms with Crippen LogP contribution < -0.4 is 5.73 Å². The van der Waals surface area contributed by atoms with Gasteiger partial charge < -0.3 is 5.73 Å². The van der Waals surface area contributed by atoms with Gasteiger partial charge in [-0.05, 0) is 20.3 Å². The highest BCUT2D eigenvalue weighted by Crippen LogP contribution is 2.13. The van der Waals surface area contributed by atoms with Crippen LogP contribution in [0.25, 0.3) is 0 Å². The van der Waals surface area contributed by atoms with Gasteiger partial charge >= 0.3 is 0 Å². The van der Waals surface area contributed by atoms with Crippen molar-refractivity contribution in [3.63, 3.8) is 0 Å². The molecule has 2 N–H and O–H groups in total. The fourth-order valence-electron chi connectivity index (χ4n) is 2.38. The minimum absolute atomic E-state index is 0.548. The maximum absolute atomic E-state index is 5.65. The first-order valence-electron chi connectivity index (χ1n) is 6.31. The summed E-state index contributed by atoms with van der Waals surface area (Å²) in [5.74, 6) is 0. The molecule has 1 saturated heterocycles. The second kappa shape index (κ2) is 6.52. The van der Waals surface area contributed by atoms with Crippen LogP contribution >= 0.6 is 12.2 Å². The van der Waals surface area contributed by atoms with Gasteiger partial charge in [0.2, 0.25) is 0 Å². The molecule has 0 saturated carbocycles. The van der Waals surface area contributed by atoms with E-state index in [-0.39, 0.29) is 0 Å². The molecule has 1 aliphatic rings. The molecule has 94 valence electrons. The second-order valence-electron chi connectivity index (χ2n) is 4.90. The zero-order valence-corrected chi connectivity index (χ0v) is 11.6. The predicted molar refractivity (Wildman–Crippen MR) is 73.8 cm³/mol. The van der Waals surface area contributed by atoms with E-state index in [2.05, 4.69) is 30.6 Å². The topological polar surface area (TPSA) is 32.5 Å². The summed E-state index contributed by atoms with van der Waals surface area (Å²) in [4.78, 5) is 5.72. The Kier molecular flexibility index (Phi) is 5.66. The van der Waals surface area contributed by atoms with Crippen LogP contribution in [0.4, 0.5) is 0 Å². The summed E-state index contributed by atoms with van der Waals surface area (Å²) in [6.07, 6.45) is 2.01. The molecule has 0 aliphatic carbocycles. The van der Waals surface area contributed by atoms with Crippen molar-refractivity contribution in [3.05, 3.63) is 0 Å². The van der Waals surface area contributed by atoms with Crippen molar-refractivity contribution in [1.29, 1.82) is 0 Å². The summed E-state index contributed by atoms with van der Waals surface area (Å²) >= 11 is 5.01. The Hall–Kier alpha value is -0.190. The Bertz CT molecular complexity index is 222. The fraction of sp³-hybridized carbons (Fsp3) is 0.917. The Balaban J connectivity index is 2.41. The lowest BCUT2D eigenvalue weighted by Gasteiger charge is -2.40. The van der Waals surface area contributed by atoms with Crippen molar-refractivity contribution >= 4 is 17.2 Å². The molecular weight excluding hydrogens is 218 g/mol. The highest BCUT2D eigenvalue weighted by molar-refractivity contribution is 7.80. The van der Waals surface area contributed by atoms with Gasteiger partial charge in [-0.3, -0.25) is 9.80 Å². The third-order valence-electron chi connectivity index (χ3n) is 3.50. The molecule has 4 heteroatoms. The summed E-state index contributed by atoms with van der Waals surface area (Å²) in [7, 11) is 0. The van der Waals surface area contributed by atoms with E-state index >= 15 is 0 Å². The van der Waals surface area contributed by atoms with E-state index in [0.29, 0.717) is 17.1 Å². The Morgan fingerprint density at radius 2 is 1.69 bits per heavy atom. The van der Waals surface area contributed by atoms with E-state index in [1.54, 1.807) is 0 Å². The second-order valence-corrected chi connectivity index (χ2v) is 5.42. The van der Waals surface area contributed by atoms with Gasteiger partial charge in [0.15, 0.2) is 0 Å². The standard InChI is InChI=1S/C12H25N3S/c1-4-11(9-12(13)16)15-7-5-14(6-8-15)10(2)3/h10-11H,4-9H2,1-3H3,(H2,13,16). The molecule has 0 aromatic carbocycles. The largest absolute Gasteiger partial charge is 0.393 e. The van der Waals surface area contributed by atoms with Crippen LogP contribution in [-0.2, 0) is 0 Å². The van der Waals surface area contributed by atoms with Gasteiger partial charge in [-0.25, -0.2) is 0 Å². The molecule has 0 spiro atoms. The molecule has 1 atom stereocenters. The van der Waals surface area contributed by atoms with Crippen LogP contribution in [0.3, 0.4) is 0 Å². The van der Waals surface area contributed by atoms with Crippen molar-refractivity contribution in [2.24, 2.45) is 5.73 Å². The molecule has 3 nitrogen and oxygen atoms in total. The van der Waals surface area contributed by atoms with E-state index in [9.17, 15) is 0 Å². The third-order valence-corrected chi connectivity index (χ3v) is 3.67. The number of hydrogen-bond donors (Lipinski definition) is 1. The van der Waals surface area contributed by atoms with Crippen molar-refractivity contribution in [2.45, 2.75) is 45.7 Å². The van der Waals surface area contributed by atoms with Gasteiger partial charge in [-0.1, -0.05) is 19.1 Å². The van der Waals surface area contributed by atoms with Gasteiger partial charge in [-0.15, -0.1) is 0 Å². The van der Waals surface area contributed by atoms with Gasteiger partial charge in [0, 0.05) is 44.7 Å². The molecule has 1 rings (SSSR count). The zero-order valence-electron chi connectivity index (χ0n) is 10.8. The summed E-state index contributed by atoms with van der Waals surface area (Å²) < 4.78 is 0. The van der Waals surface area contributed by atoms with Crippen LogP contribution in [0.2, 0.25) is 0 Å². The van der Waals surface area contributed by atoms with Crippen LogP contribution in [0.5, 0.6) is 0 Å². The molecule has 0 bridgehead atoms. The van der Waals surface area contributed by atoms with Crippen LogP contribution in [-0.4, -0.2) is 53.1 Å². The Labute approximate surface area is 105 Å². The lowest BCUT2D eigenvalue weighted by Crippen LogP contribution is -2.52. The first kappa shape index (κ1) is 13.9. The van der Waals surface area contributed by atoms with Crippen molar-refractivity contribution in [1.82, 2.24) is 9.80 Å². The first-order chi connectivity index (χ1) is 7.54. The van der Waals surface area contributed by atoms with Gasteiger partial charge in [0.1, 0.15) is 0 Å². The predicted octanol–water partition coefficient (Wildman–Crippen LogP) is 1.47. The number of piperazine rings is 1. The molecule has 1 heterocycles. The number of rotatable bonds is 5. The lowest BCUT2D eigenvalue weighted by molar-refractivity contribution is 0.0787. The Morgan fingerprint density at radius 3 is 2.06 bits per heavy atom. The molecule has 1 aliphatic heterocycles. The number of nitrogens with zero attached hydrogens (tertiary/aromatic N) is 2. The van der Waals surface area contributed by atoms with Crippen molar-refractivity contribution < 1.29 is 0 Å². The fourth-order valence-corrected chi connectivity index (χ4v) is 2.58. The smallest absolute Gasteiger partial charge is 0.0743 e. The monoisotopic (exact) mass is 243 g/mol. The molecule has 16 heavy (non-hydrogen) atoms. The average molecular weight is 243 g/mol. The van der Waals surface area contributed by atoms with E-state index in [4.69, 9.17) is 18.0 Å². The summed E-state index contributed by atoms with van der Waals surface area (Å²) in [5, 5.41) is 0. The summed E-state index contributed by atoms with van der Waals surface area (Å²) in [6.45, 7) is 11.4. The number of nitrogens with two attached hydrogens (primary N) is 1. The number of thiocarbonyl (C=S) groups is 1. The van der Waals surface area contributed by atoms with Gasteiger partial charge in [0.25, 0.3) is 0 Å².